The molecule has 0 saturated carbocycles. The largest absolute Gasteiger partial charge is 0.349 e. The number of anilines is 2. The van der Waals surface area contributed by atoms with Gasteiger partial charge >= 0.3 is 0 Å². The van der Waals surface area contributed by atoms with Gasteiger partial charge in [0, 0.05) is 36.9 Å². The van der Waals surface area contributed by atoms with Crippen LogP contribution in [0.3, 0.4) is 0 Å². The maximum Gasteiger partial charge on any atom is 0.267 e. The third-order valence-corrected chi connectivity index (χ3v) is 8.07. The van der Waals surface area contributed by atoms with Gasteiger partial charge in [-0.15, -0.1) is 0 Å². The fourth-order valence-corrected chi connectivity index (χ4v) is 6.01. The van der Waals surface area contributed by atoms with Gasteiger partial charge < -0.3 is 14.7 Å². The summed E-state index contributed by atoms with van der Waals surface area (Å²) in [5.74, 6) is -0.0848. The Bertz CT molecular complexity index is 1590. The van der Waals surface area contributed by atoms with Crippen molar-refractivity contribution in [3.63, 3.8) is 0 Å². The minimum atomic E-state index is -0.452. The van der Waals surface area contributed by atoms with Gasteiger partial charge in [0.25, 0.3) is 5.91 Å². The molecule has 0 radical (unpaired) electrons. The number of piperazine rings is 1. The van der Waals surface area contributed by atoms with E-state index < -0.39 is 5.82 Å². The van der Waals surface area contributed by atoms with Crippen LogP contribution in [0.5, 0.6) is 0 Å². The fourth-order valence-electron chi connectivity index (χ4n) is 5.76. The summed E-state index contributed by atoms with van der Waals surface area (Å²) in [6.45, 7) is 12.4. The first-order chi connectivity index (χ1) is 20.1. The smallest absolute Gasteiger partial charge is 0.267 e. The molecule has 2 unspecified atom stereocenters. The molecule has 218 valence electrons. The van der Waals surface area contributed by atoms with Crippen molar-refractivity contribution in [3.05, 3.63) is 82.9 Å². The zero-order valence-electron chi connectivity index (χ0n) is 24.3. The van der Waals surface area contributed by atoms with Gasteiger partial charge in [0.2, 0.25) is 5.91 Å². The van der Waals surface area contributed by atoms with Crippen LogP contribution >= 0.6 is 11.6 Å². The number of aromatic nitrogens is 2. The summed E-state index contributed by atoms with van der Waals surface area (Å²) in [4.78, 5) is 46.0. The van der Waals surface area contributed by atoms with Gasteiger partial charge in [0.15, 0.2) is 0 Å². The third-order valence-electron chi connectivity index (χ3n) is 7.78. The molecule has 4 heterocycles. The van der Waals surface area contributed by atoms with E-state index in [1.807, 2.05) is 36.6 Å². The monoisotopic (exact) mass is 588 g/mol. The summed E-state index contributed by atoms with van der Waals surface area (Å²) in [5.41, 5.74) is 3.63. The Morgan fingerprint density at radius 2 is 1.93 bits per heavy atom. The summed E-state index contributed by atoms with van der Waals surface area (Å²) in [5, 5.41) is 0.235. The standard InChI is InChI=1S/C32H34ClFN6O2/c1-6-10-26-30(19(3)13-14-35-26)40-18-27(41)36-31(39-17-20(4)38(16-21(39)5)28(42)7-2)23-15-24(33)29(37-32(23)40)22-11-8-9-12-25(22)34/h7-9,11-15,20-21H,2,6,10,16-18H2,1,3-5H3. The second-order valence-electron chi connectivity index (χ2n) is 10.8. The Labute approximate surface area is 250 Å². The van der Waals surface area contributed by atoms with Crippen molar-refractivity contribution in [2.24, 2.45) is 4.99 Å². The lowest BCUT2D eigenvalue weighted by molar-refractivity contribution is -0.130. The molecule has 2 atom stereocenters. The number of halogens is 2. The predicted molar refractivity (Wildman–Crippen MR) is 164 cm³/mol. The molecule has 2 amide bonds. The molecule has 0 spiro atoms. The predicted octanol–water partition coefficient (Wildman–Crippen LogP) is 5.73. The topological polar surface area (TPSA) is 82.0 Å². The highest BCUT2D eigenvalue weighted by Gasteiger charge is 2.37. The van der Waals surface area contributed by atoms with Gasteiger partial charge in [-0.25, -0.2) is 9.37 Å². The lowest BCUT2D eigenvalue weighted by atomic mass is 10.0. The molecule has 42 heavy (non-hydrogen) atoms. The number of carbonyl (C=O) groups excluding carboxylic acids is 2. The number of nitrogens with zero attached hydrogens (tertiary/aromatic N) is 6. The molecule has 2 aliphatic heterocycles. The van der Waals surface area contributed by atoms with Crippen molar-refractivity contribution in [1.82, 2.24) is 19.8 Å². The second-order valence-corrected chi connectivity index (χ2v) is 11.2. The van der Waals surface area contributed by atoms with Crippen LogP contribution in [0.25, 0.3) is 11.3 Å². The first kappa shape index (κ1) is 29.4. The first-order valence-corrected chi connectivity index (χ1v) is 14.5. The van der Waals surface area contributed by atoms with Crippen LogP contribution in [0.2, 0.25) is 5.02 Å². The number of aliphatic imine (C=N–C) groups is 1. The number of rotatable bonds is 5. The molecule has 1 aromatic carbocycles. The number of amidine groups is 1. The molecule has 0 N–H and O–H groups in total. The maximum atomic E-state index is 15.0. The highest BCUT2D eigenvalue weighted by Crippen LogP contribution is 2.39. The summed E-state index contributed by atoms with van der Waals surface area (Å²) in [6.07, 6.45) is 4.64. The van der Waals surface area contributed by atoms with E-state index in [1.165, 1.54) is 12.1 Å². The molecule has 0 aliphatic carbocycles. The summed E-state index contributed by atoms with van der Waals surface area (Å²) >= 11 is 6.83. The molecule has 5 rings (SSSR count). The molecular formula is C32H34ClFN6O2. The van der Waals surface area contributed by atoms with Crippen LogP contribution < -0.4 is 4.90 Å². The van der Waals surface area contributed by atoms with Gasteiger partial charge in [-0.1, -0.05) is 43.7 Å². The Morgan fingerprint density at radius 1 is 1.17 bits per heavy atom. The second kappa shape index (κ2) is 12.0. The van der Waals surface area contributed by atoms with Crippen LogP contribution in [-0.4, -0.2) is 69.1 Å². The van der Waals surface area contributed by atoms with E-state index in [0.717, 1.165) is 23.4 Å². The van der Waals surface area contributed by atoms with E-state index >= 15 is 4.39 Å². The Morgan fingerprint density at radius 3 is 2.64 bits per heavy atom. The van der Waals surface area contributed by atoms with E-state index in [0.29, 0.717) is 36.7 Å². The Balaban J connectivity index is 1.73. The third kappa shape index (κ3) is 5.41. The SMILES string of the molecule is C=CC(=O)N1CC(C)N(C2=NC(=O)CN(c3c(C)ccnc3CCC)c3nc(-c4ccccc4F)c(Cl)cc32)CC1C. The van der Waals surface area contributed by atoms with E-state index in [1.54, 1.807) is 35.4 Å². The van der Waals surface area contributed by atoms with Gasteiger partial charge in [-0.2, -0.15) is 4.99 Å². The van der Waals surface area contributed by atoms with Crippen LogP contribution in [0.15, 0.2) is 60.2 Å². The minimum Gasteiger partial charge on any atom is -0.349 e. The summed E-state index contributed by atoms with van der Waals surface area (Å²) in [7, 11) is 0. The average molecular weight is 589 g/mol. The van der Waals surface area contributed by atoms with Crippen molar-refractivity contribution in [1.29, 1.82) is 0 Å². The van der Waals surface area contributed by atoms with Gasteiger partial charge in [-0.05, 0) is 63.1 Å². The number of carbonyl (C=O) groups is 2. The molecule has 0 bridgehead atoms. The molecule has 1 saturated heterocycles. The number of benzene rings is 1. The Kier molecular flexibility index (Phi) is 8.41. The van der Waals surface area contributed by atoms with Crippen molar-refractivity contribution >= 4 is 40.8 Å². The van der Waals surface area contributed by atoms with Crippen LogP contribution in [0.4, 0.5) is 15.9 Å². The van der Waals surface area contributed by atoms with Crippen LogP contribution in [0.1, 0.15) is 44.0 Å². The molecule has 10 heteroatoms. The molecule has 2 aliphatic rings. The molecule has 2 aromatic heterocycles. The average Bonchev–Trinajstić information content (AvgIpc) is 3.09. The van der Waals surface area contributed by atoms with Crippen molar-refractivity contribution in [2.45, 2.75) is 52.6 Å². The lowest BCUT2D eigenvalue weighted by Crippen LogP contribution is -2.59. The lowest BCUT2D eigenvalue weighted by Gasteiger charge is -2.45. The Hall–Kier alpha value is -4.11. The number of pyridine rings is 2. The normalized spacial score (nSPS) is 18.9. The van der Waals surface area contributed by atoms with E-state index in [-0.39, 0.29) is 46.7 Å². The molecule has 1 fully saturated rings. The van der Waals surface area contributed by atoms with Crippen LogP contribution in [0, 0.1) is 12.7 Å². The van der Waals surface area contributed by atoms with Crippen molar-refractivity contribution in [3.8, 4) is 11.3 Å². The zero-order chi connectivity index (χ0) is 30.1. The summed E-state index contributed by atoms with van der Waals surface area (Å²) in [6, 6.07) is 9.63. The zero-order valence-corrected chi connectivity index (χ0v) is 25.0. The number of hydrogen-bond acceptors (Lipinski definition) is 6. The van der Waals surface area contributed by atoms with Gasteiger partial charge in [0.1, 0.15) is 24.0 Å². The van der Waals surface area contributed by atoms with Crippen LogP contribution in [-0.2, 0) is 16.0 Å². The van der Waals surface area contributed by atoms with Gasteiger partial charge in [-0.3, -0.25) is 14.6 Å². The van der Waals surface area contributed by atoms with Gasteiger partial charge in [0.05, 0.1) is 27.7 Å². The highest BCUT2D eigenvalue weighted by molar-refractivity contribution is 6.33. The quantitative estimate of drug-likeness (QED) is 0.354. The van der Waals surface area contributed by atoms with E-state index in [9.17, 15) is 9.59 Å². The molecule has 3 aromatic rings. The first-order valence-electron chi connectivity index (χ1n) is 14.1. The maximum absolute atomic E-state index is 15.0. The molecule has 8 nitrogen and oxygen atoms in total. The van der Waals surface area contributed by atoms with Crippen molar-refractivity contribution in [2.75, 3.05) is 24.5 Å². The number of fused-ring (bicyclic) bond motifs is 1. The minimum absolute atomic E-state index is 0.0794. The summed E-state index contributed by atoms with van der Waals surface area (Å²) < 4.78 is 15.0. The number of amides is 2. The van der Waals surface area contributed by atoms with Crippen molar-refractivity contribution < 1.29 is 14.0 Å². The van der Waals surface area contributed by atoms with E-state index in [2.05, 4.69) is 23.5 Å². The highest BCUT2D eigenvalue weighted by atomic mass is 35.5. The molecular weight excluding hydrogens is 555 g/mol. The number of aryl methyl sites for hydroxylation is 2. The fraction of sp³-hybridized carbons (Fsp3) is 0.344. The number of hydrogen-bond donors (Lipinski definition) is 0. The van der Waals surface area contributed by atoms with E-state index in [4.69, 9.17) is 16.6 Å².